The minimum atomic E-state index is -0.859. The van der Waals surface area contributed by atoms with Gasteiger partial charge in [-0.2, -0.15) is 0 Å². The second kappa shape index (κ2) is 7.94. The summed E-state index contributed by atoms with van der Waals surface area (Å²) >= 11 is 6.34. The summed E-state index contributed by atoms with van der Waals surface area (Å²) in [6, 6.07) is 14.4. The van der Waals surface area contributed by atoms with Crippen LogP contribution in [0.1, 0.15) is 33.3 Å². The molecule has 2 heterocycles. The molecule has 0 bridgehead atoms. The predicted molar refractivity (Wildman–Crippen MR) is 120 cm³/mol. The maximum atomic E-state index is 13.9. The molecule has 0 aliphatic carbocycles. The number of nitrogens with zero attached hydrogens (tertiary/aromatic N) is 1. The zero-order chi connectivity index (χ0) is 23.3. The average Bonchev–Trinajstić information content (AvgIpc) is 3.08. The number of halogens is 2. The van der Waals surface area contributed by atoms with Gasteiger partial charge < -0.3 is 19.2 Å². The number of rotatable bonds is 4. The molecule has 166 valence electrons. The molecule has 0 saturated heterocycles. The van der Waals surface area contributed by atoms with Crippen LogP contribution in [0.5, 0.6) is 11.5 Å². The van der Waals surface area contributed by atoms with Gasteiger partial charge in [0.2, 0.25) is 5.76 Å². The predicted octanol–water partition coefficient (Wildman–Crippen LogP) is 5.05. The Morgan fingerprint density at radius 2 is 1.91 bits per heavy atom. The van der Waals surface area contributed by atoms with Crippen LogP contribution in [0.3, 0.4) is 0 Å². The lowest BCUT2D eigenvalue weighted by Gasteiger charge is -2.26. The molecule has 6 nitrogen and oxygen atoms in total. The molecule has 1 amide bonds. The minimum absolute atomic E-state index is 0.0388. The Labute approximate surface area is 192 Å². The molecular weight excluding hydrogens is 449 g/mol. The number of phenols is 1. The first-order valence-corrected chi connectivity index (χ1v) is 10.4. The van der Waals surface area contributed by atoms with E-state index in [0.717, 1.165) is 6.07 Å². The van der Waals surface area contributed by atoms with Crippen molar-refractivity contribution in [1.82, 2.24) is 4.90 Å². The Balaban J connectivity index is 1.76. The summed E-state index contributed by atoms with van der Waals surface area (Å²) in [6.45, 7) is 0.0979. The molecule has 4 aromatic rings. The van der Waals surface area contributed by atoms with E-state index in [-0.39, 0.29) is 40.3 Å². The first-order chi connectivity index (χ1) is 15.9. The zero-order valence-corrected chi connectivity index (χ0v) is 18.1. The van der Waals surface area contributed by atoms with E-state index in [4.69, 9.17) is 20.8 Å². The quantitative estimate of drug-likeness (QED) is 0.456. The van der Waals surface area contributed by atoms with Crippen LogP contribution in [0.4, 0.5) is 4.39 Å². The van der Waals surface area contributed by atoms with Crippen molar-refractivity contribution in [2.45, 2.75) is 12.6 Å². The van der Waals surface area contributed by atoms with Crippen LogP contribution in [-0.2, 0) is 6.54 Å². The third kappa shape index (κ3) is 3.41. The van der Waals surface area contributed by atoms with Gasteiger partial charge in [-0.3, -0.25) is 9.59 Å². The first kappa shape index (κ1) is 21.0. The highest BCUT2D eigenvalue weighted by atomic mass is 35.5. The Morgan fingerprint density at radius 3 is 2.67 bits per heavy atom. The Morgan fingerprint density at radius 1 is 1.12 bits per heavy atom. The van der Waals surface area contributed by atoms with Gasteiger partial charge in [0.05, 0.1) is 24.1 Å². The van der Waals surface area contributed by atoms with E-state index in [1.54, 1.807) is 36.4 Å². The summed E-state index contributed by atoms with van der Waals surface area (Å²) in [5.41, 5.74) is 0.914. The molecule has 1 aliphatic rings. The van der Waals surface area contributed by atoms with Crippen LogP contribution in [-0.4, -0.2) is 23.0 Å². The van der Waals surface area contributed by atoms with Gasteiger partial charge >= 0.3 is 0 Å². The van der Waals surface area contributed by atoms with E-state index < -0.39 is 23.2 Å². The highest BCUT2D eigenvalue weighted by Gasteiger charge is 2.43. The maximum absolute atomic E-state index is 13.9. The van der Waals surface area contributed by atoms with Gasteiger partial charge in [-0.05, 0) is 47.5 Å². The summed E-state index contributed by atoms with van der Waals surface area (Å²) in [4.78, 5) is 28.4. The molecule has 1 N–H and O–H groups in total. The number of fused-ring (bicyclic) bond motifs is 2. The van der Waals surface area contributed by atoms with Crippen molar-refractivity contribution < 1.29 is 23.4 Å². The molecule has 8 heteroatoms. The van der Waals surface area contributed by atoms with Crippen molar-refractivity contribution >= 4 is 28.5 Å². The van der Waals surface area contributed by atoms with Crippen molar-refractivity contribution in [2.75, 3.05) is 7.11 Å². The SMILES string of the molecule is COc1cc(C2c3c(oc4ccc(F)cc4c3=O)C(=O)N2Cc2ccccc2Cl)ccc1O. The standard InChI is InChI=1S/C25H17ClFNO5/c1-32-20-10-13(6-8-18(20)29)22-21-23(30)16-11-15(27)7-9-19(16)33-24(21)25(31)28(22)12-14-4-2-3-5-17(14)26/h2-11,22,29H,12H2,1H3. The second-order valence-corrected chi connectivity index (χ2v) is 8.08. The zero-order valence-electron chi connectivity index (χ0n) is 17.3. The van der Waals surface area contributed by atoms with Crippen molar-refractivity contribution in [1.29, 1.82) is 0 Å². The third-order valence-corrected chi connectivity index (χ3v) is 6.11. The smallest absolute Gasteiger partial charge is 0.291 e. The van der Waals surface area contributed by atoms with E-state index in [1.807, 2.05) is 0 Å². The number of amides is 1. The number of carbonyl (C=O) groups is 1. The number of aromatic hydroxyl groups is 1. The van der Waals surface area contributed by atoms with Crippen molar-refractivity contribution in [2.24, 2.45) is 0 Å². The van der Waals surface area contributed by atoms with Gasteiger partial charge in [0.1, 0.15) is 11.4 Å². The van der Waals surface area contributed by atoms with Crippen LogP contribution in [0.2, 0.25) is 5.02 Å². The lowest BCUT2D eigenvalue weighted by Crippen LogP contribution is -2.29. The molecule has 1 unspecified atom stereocenters. The maximum Gasteiger partial charge on any atom is 0.291 e. The molecule has 3 aromatic carbocycles. The fourth-order valence-electron chi connectivity index (χ4n) is 4.18. The van der Waals surface area contributed by atoms with E-state index in [0.29, 0.717) is 16.1 Å². The molecule has 1 aliphatic heterocycles. The molecule has 33 heavy (non-hydrogen) atoms. The van der Waals surface area contributed by atoms with Gasteiger partial charge in [-0.1, -0.05) is 35.9 Å². The fraction of sp³-hybridized carbons (Fsp3) is 0.120. The minimum Gasteiger partial charge on any atom is -0.504 e. The molecule has 0 fully saturated rings. The van der Waals surface area contributed by atoms with E-state index >= 15 is 0 Å². The van der Waals surface area contributed by atoms with Gasteiger partial charge in [-0.25, -0.2) is 4.39 Å². The number of hydrogen-bond acceptors (Lipinski definition) is 5. The first-order valence-electron chi connectivity index (χ1n) is 10.1. The topological polar surface area (TPSA) is 80.0 Å². The summed E-state index contributed by atoms with van der Waals surface area (Å²) < 4.78 is 24.9. The summed E-state index contributed by atoms with van der Waals surface area (Å²) in [5, 5.41) is 10.6. The number of ether oxygens (including phenoxy) is 1. The summed E-state index contributed by atoms with van der Waals surface area (Å²) in [5.74, 6) is -1.10. The van der Waals surface area contributed by atoms with E-state index in [9.17, 15) is 19.1 Å². The van der Waals surface area contributed by atoms with Crippen LogP contribution >= 0.6 is 11.6 Å². The number of methoxy groups -OCH3 is 1. The third-order valence-electron chi connectivity index (χ3n) is 5.75. The lowest BCUT2D eigenvalue weighted by molar-refractivity contribution is 0.0714. The van der Waals surface area contributed by atoms with Crippen LogP contribution in [0.15, 0.2) is 69.9 Å². The van der Waals surface area contributed by atoms with Crippen molar-refractivity contribution in [3.63, 3.8) is 0 Å². The second-order valence-electron chi connectivity index (χ2n) is 7.67. The molecule has 1 atom stereocenters. The summed E-state index contributed by atoms with van der Waals surface area (Å²) in [7, 11) is 1.40. The Hall–Kier alpha value is -3.84. The largest absolute Gasteiger partial charge is 0.504 e. The van der Waals surface area contributed by atoms with E-state index in [2.05, 4.69) is 0 Å². The molecule has 0 saturated carbocycles. The molecule has 1 aromatic heterocycles. The molecule has 0 spiro atoms. The average molecular weight is 466 g/mol. The number of phenolic OH excluding ortho intramolecular Hbond substituents is 1. The fourth-order valence-corrected chi connectivity index (χ4v) is 4.37. The van der Waals surface area contributed by atoms with Gasteiger partial charge in [0.15, 0.2) is 16.9 Å². The molecular formula is C25H17ClFNO5. The van der Waals surface area contributed by atoms with E-state index in [1.165, 1.54) is 30.2 Å². The van der Waals surface area contributed by atoms with Crippen LogP contribution < -0.4 is 10.2 Å². The Kier molecular flexibility index (Phi) is 5.06. The van der Waals surface area contributed by atoms with Crippen molar-refractivity contribution in [3.8, 4) is 11.5 Å². The van der Waals surface area contributed by atoms with Crippen LogP contribution in [0.25, 0.3) is 11.0 Å². The highest BCUT2D eigenvalue weighted by Crippen LogP contribution is 2.41. The lowest BCUT2D eigenvalue weighted by atomic mass is 9.97. The Bertz CT molecular complexity index is 1480. The molecule has 0 radical (unpaired) electrons. The molecule has 5 rings (SSSR count). The number of hydrogen-bond donors (Lipinski definition) is 1. The number of benzene rings is 3. The van der Waals surface area contributed by atoms with Gasteiger partial charge in [0, 0.05) is 11.6 Å². The normalized spacial score (nSPS) is 15.2. The van der Waals surface area contributed by atoms with Gasteiger partial charge in [-0.15, -0.1) is 0 Å². The van der Waals surface area contributed by atoms with Crippen molar-refractivity contribution in [3.05, 3.63) is 104 Å². The number of carbonyl (C=O) groups excluding carboxylic acids is 1. The monoisotopic (exact) mass is 465 g/mol. The van der Waals surface area contributed by atoms with Gasteiger partial charge in [0.25, 0.3) is 5.91 Å². The highest BCUT2D eigenvalue weighted by molar-refractivity contribution is 6.31. The van der Waals surface area contributed by atoms with Crippen LogP contribution in [0, 0.1) is 5.82 Å². The summed E-state index contributed by atoms with van der Waals surface area (Å²) in [6.07, 6.45) is 0.